The third-order valence-corrected chi connectivity index (χ3v) is 6.36. The van der Waals surface area contributed by atoms with E-state index in [1.54, 1.807) is 0 Å². The van der Waals surface area contributed by atoms with Crippen LogP contribution in [0.25, 0.3) is 0 Å². The molecule has 3 aliphatic rings. The fourth-order valence-electron chi connectivity index (χ4n) is 4.03. The molecule has 0 amide bonds. The van der Waals surface area contributed by atoms with Crippen LogP contribution in [-0.4, -0.2) is 0 Å². The first-order chi connectivity index (χ1) is 7.77. The molecule has 0 radical (unpaired) electrons. The molecule has 0 atom stereocenters. The van der Waals surface area contributed by atoms with E-state index in [1.165, 1.54) is 57.8 Å². The first-order valence-corrected chi connectivity index (χ1v) is 7.76. The minimum atomic E-state index is 0.478. The molecule has 0 unspecified atom stereocenters. The Morgan fingerprint density at radius 2 is 1.31 bits per heavy atom. The van der Waals surface area contributed by atoms with Gasteiger partial charge in [0.2, 0.25) is 0 Å². The molecule has 3 rings (SSSR count). The van der Waals surface area contributed by atoms with E-state index < -0.39 is 0 Å². The van der Waals surface area contributed by atoms with Crippen molar-refractivity contribution in [2.24, 2.45) is 0 Å². The standard InChI is InChI=1S/C15H21.Ti/c1-2-11-12-7-3-5-9-14(12)15-10-6-4-8-13(11)15;/h2-10H2,1H3;. The van der Waals surface area contributed by atoms with Crippen LogP contribution in [0.15, 0.2) is 22.3 Å². The van der Waals surface area contributed by atoms with Gasteiger partial charge in [-0.1, -0.05) is 0 Å². The van der Waals surface area contributed by atoms with Crippen molar-refractivity contribution in [2.75, 3.05) is 0 Å². The molecule has 16 heavy (non-hydrogen) atoms. The van der Waals surface area contributed by atoms with Crippen LogP contribution < -0.4 is 0 Å². The Morgan fingerprint density at radius 3 is 1.75 bits per heavy atom. The topological polar surface area (TPSA) is 0 Å². The molecule has 85 valence electrons. The van der Waals surface area contributed by atoms with Crippen LogP contribution in [0, 0.1) is 0 Å². The Morgan fingerprint density at radius 1 is 0.875 bits per heavy atom. The van der Waals surface area contributed by atoms with Gasteiger partial charge in [0.05, 0.1) is 0 Å². The molecule has 0 aromatic heterocycles. The van der Waals surface area contributed by atoms with Gasteiger partial charge in [-0.2, -0.15) is 0 Å². The number of allylic oxidation sites excluding steroid dienone is 4. The average Bonchev–Trinajstić information content (AvgIpc) is 2.62. The molecule has 3 aliphatic carbocycles. The van der Waals surface area contributed by atoms with E-state index in [2.05, 4.69) is 27.4 Å². The van der Waals surface area contributed by atoms with Crippen LogP contribution in [0.3, 0.4) is 0 Å². The first kappa shape index (κ1) is 11.3. The summed E-state index contributed by atoms with van der Waals surface area (Å²) in [7, 11) is 0. The van der Waals surface area contributed by atoms with Gasteiger partial charge in [-0.05, 0) is 0 Å². The third-order valence-electron chi connectivity index (χ3n) is 4.86. The molecule has 0 bridgehead atoms. The summed E-state index contributed by atoms with van der Waals surface area (Å²) < 4.78 is 0.478. The maximum atomic E-state index is 2.53. The molecule has 1 heteroatoms. The molecule has 0 aromatic rings. The van der Waals surface area contributed by atoms with E-state index in [0.717, 1.165) is 0 Å². The van der Waals surface area contributed by atoms with Gasteiger partial charge in [0.1, 0.15) is 0 Å². The Bertz CT molecular complexity index is 341. The molecule has 0 saturated carbocycles. The van der Waals surface area contributed by atoms with Gasteiger partial charge >= 0.3 is 111 Å². The van der Waals surface area contributed by atoms with Gasteiger partial charge in [0, 0.05) is 0 Å². The van der Waals surface area contributed by atoms with Gasteiger partial charge in [0.25, 0.3) is 0 Å². The summed E-state index contributed by atoms with van der Waals surface area (Å²) >= 11 is 2.53. The van der Waals surface area contributed by atoms with Gasteiger partial charge in [-0.15, -0.1) is 0 Å². The quantitative estimate of drug-likeness (QED) is 0.582. The van der Waals surface area contributed by atoms with Crippen molar-refractivity contribution in [3.05, 3.63) is 22.3 Å². The van der Waals surface area contributed by atoms with Crippen LogP contribution in [0.2, 0.25) is 3.72 Å². The van der Waals surface area contributed by atoms with Crippen LogP contribution in [0.4, 0.5) is 0 Å². The van der Waals surface area contributed by atoms with E-state index >= 15 is 0 Å². The van der Waals surface area contributed by atoms with Crippen LogP contribution in [0.5, 0.6) is 0 Å². The summed E-state index contributed by atoms with van der Waals surface area (Å²) in [5.41, 5.74) is 7.36. The van der Waals surface area contributed by atoms with Gasteiger partial charge in [0.15, 0.2) is 0 Å². The second-order valence-corrected chi connectivity index (χ2v) is 6.92. The van der Waals surface area contributed by atoms with Crippen molar-refractivity contribution in [2.45, 2.75) is 68.4 Å². The fourth-order valence-corrected chi connectivity index (χ4v) is 4.89. The van der Waals surface area contributed by atoms with Gasteiger partial charge < -0.3 is 0 Å². The Labute approximate surface area is 111 Å². The SMILES string of the molecule is CC[C]1([Ti])C2=C(CCCC2)C2=C1CCCC2. The zero-order chi connectivity index (χ0) is 11.2. The number of hydrogen-bond acceptors (Lipinski definition) is 0. The normalized spacial score (nSPS) is 28.0. The van der Waals surface area contributed by atoms with Crippen molar-refractivity contribution in [1.29, 1.82) is 0 Å². The molecule has 0 aliphatic heterocycles. The minimum absolute atomic E-state index is 0.478. The van der Waals surface area contributed by atoms with Crippen LogP contribution >= 0.6 is 0 Å². The van der Waals surface area contributed by atoms with Crippen molar-refractivity contribution in [1.82, 2.24) is 0 Å². The Kier molecular flexibility index (Phi) is 2.92. The molecule has 0 nitrogen and oxygen atoms in total. The van der Waals surface area contributed by atoms with Crippen LogP contribution in [0.1, 0.15) is 64.7 Å². The third kappa shape index (κ3) is 1.46. The average molecular weight is 249 g/mol. The number of fused-ring (bicyclic) bond motifs is 1. The summed E-state index contributed by atoms with van der Waals surface area (Å²) in [6.07, 6.45) is 12.7. The summed E-state index contributed by atoms with van der Waals surface area (Å²) in [4.78, 5) is 0. The molecule has 0 N–H and O–H groups in total. The summed E-state index contributed by atoms with van der Waals surface area (Å²) in [5, 5.41) is 0. The summed E-state index contributed by atoms with van der Waals surface area (Å²) in [6.45, 7) is 2.39. The Balaban J connectivity index is 2.10. The number of rotatable bonds is 1. The molecule has 0 spiro atoms. The second kappa shape index (κ2) is 4.14. The van der Waals surface area contributed by atoms with E-state index in [-0.39, 0.29) is 0 Å². The fraction of sp³-hybridized carbons (Fsp3) is 0.733. The van der Waals surface area contributed by atoms with Crippen LogP contribution in [-0.2, 0) is 20.4 Å². The molecular formula is C15H21Ti. The van der Waals surface area contributed by atoms with Crippen molar-refractivity contribution in [3.8, 4) is 0 Å². The van der Waals surface area contributed by atoms with E-state index in [9.17, 15) is 0 Å². The van der Waals surface area contributed by atoms with Crippen molar-refractivity contribution >= 4 is 0 Å². The zero-order valence-corrected chi connectivity index (χ0v) is 11.9. The molecule has 0 saturated heterocycles. The number of hydrogen-bond donors (Lipinski definition) is 0. The summed E-state index contributed by atoms with van der Waals surface area (Å²) in [5.74, 6) is 0. The predicted molar refractivity (Wildman–Crippen MR) is 64.0 cm³/mol. The maximum absolute atomic E-state index is 2.53. The zero-order valence-electron chi connectivity index (χ0n) is 10.4. The summed E-state index contributed by atoms with van der Waals surface area (Å²) in [6, 6.07) is 0. The second-order valence-electron chi connectivity index (χ2n) is 5.59. The van der Waals surface area contributed by atoms with Gasteiger partial charge in [-0.3, -0.25) is 0 Å². The Hall–Kier alpha value is 0.194. The first-order valence-electron chi connectivity index (χ1n) is 6.97. The predicted octanol–water partition coefficient (Wildman–Crippen LogP) is 4.86. The van der Waals surface area contributed by atoms with Crippen molar-refractivity contribution < 1.29 is 20.4 Å². The molecule has 0 heterocycles. The van der Waals surface area contributed by atoms with Crippen molar-refractivity contribution in [3.63, 3.8) is 0 Å². The van der Waals surface area contributed by atoms with E-state index in [1.807, 2.05) is 22.3 Å². The van der Waals surface area contributed by atoms with E-state index in [0.29, 0.717) is 3.72 Å². The van der Waals surface area contributed by atoms with Gasteiger partial charge in [-0.25, -0.2) is 0 Å². The molecule has 0 fully saturated rings. The monoisotopic (exact) mass is 249 g/mol. The molecular weight excluding hydrogens is 228 g/mol. The molecule has 0 aromatic carbocycles. The van der Waals surface area contributed by atoms with E-state index in [4.69, 9.17) is 0 Å².